The highest BCUT2D eigenvalue weighted by Gasteiger charge is 1.96. The first-order valence-corrected chi connectivity index (χ1v) is 6.74. The third-order valence-electron chi connectivity index (χ3n) is 2.99. The monoisotopic (exact) mass is 355 g/mol. The lowest BCUT2D eigenvalue weighted by Gasteiger charge is -2.06. The maximum atomic E-state index is 5.85. The van der Waals surface area contributed by atoms with Crippen LogP contribution in [0, 0.1) is 0 Å². The fourth-order valence-corrected chi connectivity index (χ4v) is 1.99. The second-order valence-corrected chi connectivity index (χ2v) is 4.84. The van der Waals surface area contributed by atoms with Crippen molar-refractivity contribution in [3.05, 3.63) is 64.7 Å². The molecule has 2 aromatic carbocycles. The third-order valence-corrected chi connectivity index (χ3v) is 3.24. The maximum absolute atomic E-state index is 5.85. The molecule has 0 heterocycles. The van der Waals surface area contributed by atoms with Crippen LogP contribution in [-0.4, -0.2) is 13.7 Å². The van der Waals surface area contributed by atoms with Crippen LogP contribution in [0.25, 0.3) is 0 Å². The second-order valence-electron chi connectivity index (χ2n) is 4.40. The highest BCUT2D eigenvalue weighted by atomic mass is 79.9. The van der Waals surface area contributed by atoms with Crippen LogP contribution in [0.5, 0.6) is 5.75 Å². The lowest BCUT2D eigenvalue weighted by Crippen LogP contribution is -2.16. The van der Waals surface area contributed by atoms with Gasteiger partial charge in [-0.3, -0.25) is 0 Å². The third kappa shape index (κ3) is 5.53. The molecule has 108 valence electrons. The van der Waals surface area contributed by atoms with Crippen LogP contribution in [0.4, 0.5) is 0 Å². The molecule has 2 nitrogen and oxygen atoms in total. The fourth-order valence-electron chi connectivity index (χ4n) is 1.86. The lowest BCUT2D eigenvalue weighted by atomic mass is 10.1. The van der Waals surface area contributed by atoms with Gasteiger partial charge in [0.15, 0.2) is 0 Å². The van der Waals surface area contributed by atoms with Crippen molar-refractivity contribution in [1.82, 2.24) is 5.32 Å². The first-order chi connectivity index (χ1) is 9.28. The van der Waals surface area contributed by atoms with Crippen LogP contribution in [0.3, 0.4) is 0 Å². The molecule has 0 aromatic heterocycles. The first-order valence-electron chi connectivity index (χ1n) is 6.36. The Labute approximate surface area is 135 Å². The zero-order valence-corrected chi connectivity index (χ0v) is 13.9. The minimum Gasteiger partial charge on any atom is -0.497 e. The molecule has 4 heteroatoms. The van der Waals surface area contributed by atoms with E-state index in [0.717, 1.165) is 30.3 Å². The van der Waals surface area contributed by atoms with Gasteiger partial charge in [-0.25, -0.2) is 0 Å². The van der Waals surface area contributed by atoms with Crippen LogP contribution in [0.15, 0.2) is 48.5 Å². The highest BCUT2D eigenvalue weighted by Crippen LogP contribution is 2.11. The molecule has 1 N–H and O–H groups in total. The summed E-state index contributed by atoms with van der Waals surface area (Å²) < 4.78 is 5.14. The lowest BCUT2D eigenvalue weighted by molar-refractivity contribution is 0.414. The quantitative estimate of drug-likeness (QED) is 0.781. The molecule has 0 unspecified atom stereocenters. The molecule has 0 bridgehead atoms. The Kier molecular flexibility index (Phi) is 7.67. The predicted molar refractivity (Wildman–Crippen MR) is 90.2 cm³/mol. The van der Waals surface area contributed by atoms with Gasteiger partial charge in [-0.05, 0) is 48.4 Å². The van der Waals surface area contributed by atoms with E-state index in [1.807, 2.05) is 36.4 Å². The van der Waals surface area contributed by atoms with Crippen molar-refractivity contribution < 1.29 is 4.74 Å². The summed E-state index contributed by atoms with van der Waals surface area (Å²) in [6.45, 7) is 1.82. The van der Waals surface area contributed by atoms with Crippen LogP contribution < -0.4 is 10.1 Å². The number of benzene rings is 2. The minimum absolute atomic E-state index is 0. The summed E-state index contributed by atoms with van der Waals surface area (Å²) >= 11 is 5.85. The van der Waals surface area contributed by atoms with Crippen molar-refractivity contribution in [2.75, 3.05) is 13.7 Å². The normalized spacial score (nSPS) is 9.90. The summed E-state index contributed by atoms with van der Waals surface area (Å²) in [6.07, 6.45) is 1.01. The number of hydrogen-bond acceptors (Lipinski definition) is 2. The minimum atomic E-state index is 0. The topological polar surface area (TPSA) is 21.3 Å². The van der Waals surface area contributed by atoms with E-state index in [1.54, 1.807) is 7.11 Å². The van der Waals surface area contributed by atoms with Crippen molar-refractivity contribution in [3.8, 4) is 5.75 Å². The van der Waals surface area contributed by atoms with E-state index in [0.29, 0.717) is 0 Å². The van der Waals surface area contributed by atoms with Gasteiger partial charge in [0.2, 0.25) is 0 Å². The van der Waals surface area contributed by atoms with Crippen LogP contribution in [0.1, 0.15) is 11.1 Å². The molecule has 0 atom stereocenters. The van der Waals surface area contributed by atoms with E-state index in [4.69, 9.17) is 16.3 Å². The van der Waals surface area contributed by atoms with Crippen molar-refractivity contribution in [1.29, 1.82) is 0 Å². The molecule has 0 spiro atoms. The molecular formula is C16H19BrClNO. The number of halogens is 2. The zero-order chi connectivity index (χ0) is 13.5. The molecule has 20 heavy (non-hydrogen) atoms. The van der Waals surface area contributed by atoms with Gasteiger partial charge in [0.05, 0.1) is 7.11 Å². The molecule has 0 amide bonds. The van der Waals surface area contributed by atoms with Gasteiger partial charge in [-0.15, -0.1) is 17.0 Å². The van der Waals surface area contributed by atoms with Gasteiger partial charge in [0, 0.05) is 11.6 Å². The van der Waals surface area contributed by atoms with Crippen LogP contribution in [0.2, 0.25) is 5.02 Å². The molecule has 0 aliphatic carbocycles. The van der Waals surface area contributed by atoms with Gasteiger partial charge in [-0.1, -0.05) is 35.9 Å². The Morgan fingerprint density at radius 3 is 2.15 bits per heavy atom. The second kappa shape index (κ2) is 9.01. The Bertz CT molecular complexity index is 499. The van der Waals surface area contributed by atoms with Crippen molar-refractivity contribution in [2.45, 2.75) is 13.0 Å². The number of methoxy groups -OCH3 is 1. The maximum Gasteiger partial charge on any atom is 0.118 e. The van der Waals surface area contributed by atoms with Gasteiger partial charge >= 0.3 is 0 Å². The molecule has 0 fully saturated rings. The fraction of sp³-hybridized carbons (Fsp3) is 0.250. The Morgan fingerprint density at radius 1 is 0.950 bits per heavy atom. The number of rotatable bonds is 6. The highest BCUT2D eigenvalue weighted by molar-refractivity contribution is 8.93. The average molecular weight is 357 g/mol. The van der Waals surface area contributed by atoms with Gasteiger partial charge in [-0.2, -0.15) is 0 Å². The summed E-state index contributed by atoms with van der Waals surface area (Å²) in [5.41, 5.74) is 2.56. The molecule has 0 radical (unpaired) electrons. The van der Waals surface area contributed by atoms with E-state index in [-0.39, 0.29) is 17.0 Å². The molecule has 0 saturated carbocycles. The predicted octanol–water partition coefficient (Wildman–Crippen LogP) is 4.26. The summed E-state index contributed by atoms with van der Waals surface area (Å²) in [4.78, 5) is 0. The van der Waals surface area contributed by atoms with E-state index in [9.17, 15) is 0 Å². The zero-order valence-electron chi connectivity index (χ0n) is 11.4. The number of hydrogen-bond donors (Lipinski definition) is 1. The Hall–Kier alpha value is -1.03. The molecular weight excluding hydrogens is 338 g/mol. The summed E-state index contributed by atoms with van der Waals surface area (Å²) in [7, 11) is 1.68. The smallest absolute Gasteiger partial charge is 0.118 e. The summed E-state index contributed by atoms with van der Waals surface area (Å²) in [5, 5.41) is 4.20. The van der Waals surface area contributed by atoms with Crippen molar-refractivity contribution >= 4 is 28.6 Å². The van der Waals surface area contributed by atoms with E-state index in [2.05, 4.69) is 17.4 Å². The standard InChI is InChI=1S/C16H18ClNO.BrH/c1-19-16-8-4-13(5-9-16)10-11-18-12-14-2-6-15(17)7-3-14;/h2-9,18H,10-12H2,1H3;1H. The molecule has 0 aliphatic heterocycles. The van der Waals surface area contributed by atoms with Gasteiger partial charge in [0.25, 0.3) is 0 Å². The summed E-state index contributed by atoms with van der Waals surface area (Å²) in [6, 6.07) is 16.1. The van der Waals surface area contributed by atoms with Crippen molar-refractivity contribution in [2.24, 2.45) is 0 Å². The average Bonchev–Trinajstić information content (AvgIpc) is 2.46. The van der Waals surface area contributed by atoms with E-state index in [1.165, 1.54) is 11.1 Å². The van der Waals surface area contributed by atoms with Gasteiger partial charge < -0.3 is 10.1 Å². The Morgan fingerprint density at radius 2 is 1.55 bits per heavy atom. The molecule has 0 saturated heterocycles. The summed E-state index contributed by atoms with van der Waals surface area (Å²) in [5.74, 6) is 0.901. The van der Waals surface area contributed by atoms with Gasteiger partial charge in [0.1, 0.15) is 5.75 Å². The molecule has 0 aliphatic rings. The first kappa shape index (κ1) is 17.0. The van der Waals surface area contributed by atoms with Crippen LogP contribution >= 0.6 is 28.6 Å². The Balaban J connectivity index is 0.00000200. The van der Waals surface area contributed by atoms with Crippen molar-refractivity contribution in [3.63, 3.8) is 0 Å². The van der Waals surface area contributed by atoms with E-state index < -0.39 is 0 Å². The SMILES string of the molecule is Br.COc1ccc(CCNCc2ccc(Cl)cc2)cc1. The molecule has 2 rings (SSSR count). The number of ether oxygens (including phenoxy) is 1. The van der Waals surface area contributed by atoms with E-state index >= 15 is 0 Å². The largest absolute Gasteiger partial charge is 0.497 e. The molecule has 2 aromatic rings. The number of nitrogens with one attached hydrogen (secondary N) is 1. The van der Waals surface area contributed by atoms with Crippen LogP contribution in [-0.2, 0) is 13.0 Å².